The topological polar surface area (TPSA) is 43.8 Å². The molecule has 2 rings (SSSR count). The molecule has 1 fully saturated rings. The second-order valence-corrected chi connectivity index (χ2v) is 5.05. The number of carbonyl (C=O) groups excluding carboxylic acids is 1. The summed E-state index contributed by atoms with van der Waals surface area (Å²) in [6.07, 6.45) is 1.31. The van der Waals surface area contributed by atoms with Crippen molar-refractivity contribution in [3.05, 3.63) is 29.8 Å². The quantitative estimate of drug-likeness (QED) is 0.871. The number of phenolic OH excluding ortho intramolecular Hbond substituents is 1. The number of hydrogen-bond acceptors (Lipinski definition) is 3. The van der Waals surface area contributed by atoms with Crippen molar-refractivity contribution < 1.29 is 9.90 Å². The van der Waals surface area contributed by atoms with Gasteiger partial charge in [0.2, 0.25) is 5.91 Å². The highest BCUT2D eigenvalue weighted by Crippen LogP contribution is 2.19. The van der Waals surface area contributed by atoms with Gasteiger partial charge in [0.1, 0.15) is 5.75 Å². The van der Waals surface area contributed by atoms with E-state index in [0.29, 0.717) is 11.6 Å². The van der Waals surface area contributed by atoms with Gasteiger partial charge in [-0.2, -0.15) is 0 Å². The Morgan fingerprint density at radius 2 is 2.17 bits per heavy atom. The first-order valence-corrected chi connectivity index (χ1v) is 6.29. The van der Waals surface area contributed by atoms with Crippen LogP contribution < -0.4 is 0 Å². The molecule has 1 aromatic rings. The zero-order chi connectivity index (χ0) is 13.1. The van der Waals surface area contributed by atoms with E-state index in [-0.39, 0.29) is 18.1 Å². The summed E-state index contributed by atoms with van der Waals surface area (Å²) < 4.78 is 0. The first kappa shape index (κ1) is 12.9. The summed E-state index contributed by atoms with van der Waals surface area (Å²) in [6, 6.07) is 7.48. The van der Waals surface area contributed by atoms with Gasteiger partial charge in [-0.25, -0.2) is 0 Å². The van der Waals surface area contributed by atoms with Crippen LogP contribution in [0.5, 0.6) is 5.75 Å². The molecule has 4 heteroatoms. The van der Waals surface area contributed by atoms with Gasteiger partial charge in [-0.15, -0.1) is 0 Å². The number of likely N-dealkylation sites (tertiary alicyclic amines) is 1. The molecule has 1 atom stereocenters. The lowest BCUT2D eigenvalue weighted by molar-refractivity contribution is -0.129. The van der Waals surface area contributed by atoms with Crippen molar-refractivity contribution in [3.63, 3.8) is 0 Å². The number of phenols is 1. The second-order valence-electron chi connectivity index (χ2n) is 5.05. The molecule has 0 aromatic heterocycles. The van der Waals surface area contributed by atoms with Gasteiger partial charge in [-0.3, -0.25) is 4.79 Å². The normalized spacial score (nSPS) is 19.5. The van der Waals surface area contributed by atoms with Crippen LogP contribution in [0.2, 0.25) is 0 Å². The maximum atomic E-state index is 12.1. The molecule has 1 amide bonds. The fourth-order valence-corrected chi connectivity index (χ4v) is 2.32. The van der Waals surface area contributed by atoms with Crippen molar-refractivity contribution in [2.45, 2.75) is 18.9 Å². The van der Waals surface area contributed by atoms with E-state index in [9.17, 15) is 9.90 Å². The molecule has 0 bridgehead atoms. The Morgan fingerprint density at radius 3 is 2.78 bits per heavy atom. The van der Waals surface area contributed by atoms with E-state index in [1.807, 2.05) is 25.1 Å². The Balaban J connectivity index is 1.96. The van der Waals surface area contributed by atoms with Crippen molar-refractivity contribution >= 4 is 5.91 Å². The third-order valence-electron chi connectivity index (χ3n) is 3.58. The summed E-state index contributed by atoms with van der Waals surface area (Å²) in [6.45, 7) is 1.61. The number of hydrogen-bond donors (Lipinski definition) is 1. The van der Waals surface area contributed by atoms with E-state index in [4.69, 9.17) is 0 Å². The Morgan fingerprint density at radius 1 is 1.44 bits per heavy atom. The van der Waals surface area contributed by atoms with Gasteiger partial charge in [0.05, 0.1) is 6.42 Å². The monoisotopic (exact) mass is 248 g/mol. The molecule has 0 spiro atoms. The summed E-state index contributed by atoms with van der Waals surface area (Å²) in [7, 11) is 4.09. The van der Waals surface area contributed by atoms with Crippen LogP contribution in [0.15, 0.2) is 24.3 Å². The van der Waals surface area contributed by atoms with Crippen LogP contribution in [0.4, 0.5) is 0 Å². The van der Waals surface area contributed by atoms with E-state index in [2.05, 4.69) is 4.90 Å². The maximum absolute atomic E-state index is 12.1. The van der Waals surface area contributed by atoms with Crippen molar-refractivity contribution in [1.82, 2.24) is 9.80 Å². The number of rotatable bonds is 3. The molecule has 1 aliphatic rings. The van der Waals surface area contributed by atoms with E-state index in [0.717, 1.165) is 19.5 Å². The minimum Gasteiger partial charge on any atom is -0.508 e. The van der Waals surface area contributed by atoms with Crippen LogP contribution in [-0.2, 0) is 11.2 Å². The summed E-state index contributed by atoms with van der Waals surface area (Å²) in [5.41, 5.74) is 0.704. The predicted octanol–water partition coefficient (Wildman–Crippen LogP) is 1.10. The Labute approximate surface area is 108 Å². The predicted molar refractivity (Wildman–Crippen MR) is 70.5 cm³/mol. The smallest absolute Gasteiger partial charge is 0.227 e. The number of amides is 1. The molecule has 1 saturated heterocycles. The lowest BCUT2D eigenvalue weighted by Crippen LogP contribution is -2.35. The van der Waals surface area contributed by atoms with Crippen molar-refractivity contribution in [1.29, 1.82) is 0 Å². The number of aromatic hydroxyl groups is 1. The largest absolute Gasteiger partial charge is 0.508 e. The van der Waals surface area contributed by atoms with Crippen LogP contribution >= 0.6 is 0 Å². The summed E-state index contributed by atoms with van der Waals surface area (Å²) in [4.78, 5) is 16.2. The molecule has 18 heavy (non-hydrogen) atoms. The fourth-order valence-electron chi connectivity index (χ4n) is 2.32. The number of nitrogens with zero attached hydrogens (tertiary/aromatic N) is 2. The molecule has 4 nitrogen and oxygen atoms in total. The van der Waals surface area contributed by atoms with Gasteiger partial charge in [-0.1, -0.05) is 18.2 Å². The Hall–Kier alpha value is -1.55. The highest BCUT2D eigenvalue weighted by Gasteiger charge is 2.27. The van der Waals surface area contributed by atoms with Gasteiger partial charge in [0, 0.05) is 24.7 Å². The highest BCUT2D eigenvalue weighted by molar-refractivity contribution is 5.79. The number of benzene rings is 1. The summed E-state index contributed by atoms with van der Waals surface area (Å²) >= 11 is 0. The van der Waals surface area contributed by atoms with E-state index >= 15 is 0 Å². The summed E-state index contributed by atoms with van der Waals surface area (Å²) in [5, 5.41) is 9.66. The molecule has 0 saturated carbocycles. The minimum atomic E-state index is 0.0980. The number of carbonyl (C=O) groups is 1. The van der Waals surface area contributed by atoms with E-state index in [1.165, 1.54) is 0 Å². The van der Waals surface area contributed by atoms with Crippen molar-refractivity contribution in [2.75, 3.05) is 27.2 Å². The van der Waals surface area contributed by atoms with Crippen molar-refractivity contribution in [2.24, 2.45) is 0 Å². The van der Waals surface area contributed by atoms with Gasteiger partial charge < -0.3 is 14.9 Å². The van der Waals surface area contributed by atoms with Crippen LogP contribution in [0.25, 0.3) is 0 Å². The second kappa shape index (κ2) is 5.40. The lowest BCUT2D eigenvalue weighted by atomic mass is 10.1. The number of para-hydroxylation sites is 1. The molecular formula is C14H20N2O2. The molecule has 98 valence electrons. The van der Waals surface area contributed by atoms with Crippen LogP contribution in [0, 0.1) is 0 Å². The molecule has 1 aromatic carbocycles. The standard InChI is InChI=1S/C14H20N2O2/c1-15(2)12-7-8-16(10-12)14(18)9-11-5-3-4-6-13(11)17/h3-6,12,17H,7-10H2,1-2H3. The first-order valence-electron chi connectivity index (χ1n) is 6.29. The van der Waals surface area contributed by atoms with Gasteiger partial charge in [-0.05, 0) is 26.6 Å². The van der Waals surface area contributed by atoms with Gasteiger partial charge in [0.15, 0.2) is 0 Å². The first-order chi connectivity index (χ1) is 8.58. The number of likely N-dealkylation sites (N-methyl/N-ethyl adjacent to an activating group) is 1. The fraction of sp³-hybridized carbons (Fsp3) is 0.500. The average molecular weight is 248 g/mol. The molecular weight excluding hydrogens is 228 g/mol. The Kier molecular flexibility index (Phi) is 3.87. The maximum Gasteiger partial charge on any atom is 0.227 e. The lowest BCUT2D eigenvalue weighted by Gasteiger charge is -2.20. The van der Waals surface area contributed by atoms with Crippen LogP contribution in [0.3, 0.4) is 0 Å². The zero-order valence-corrected chi connectivity index (χ0v) is 11.0. The van der Waals surface area contributed by atoms with Crippen LogP contribution in [-0.4, -0.2) is 54.0 Å². The summed E-state index contributed by atoms with van der Waals surface area (Å²) in [5.74, 6) is 0.301. The highest BCUT2D eigenvalue weighted by atomic mass is 16.3. The average Bonchev–Trinajstić information content (AvgIpc) is 2.81. The van der Waals surface area contributed by atoms with Gasteiger partial charge in [0.25, 0.3) is 0 Å². The molecule has 0 radical (unpaired) electrons. The molecule has 1 heterocycles. The van der Waals surface area contributed by atoms with E-state index in [1.54, 1.807) is 18.2 Å². The minimum absolute atomic E-state index is 0.0980. The molecule has 1 unspecified atom stereocenters. The SMILES string of the molecule is CN(C)C1CCN(C(=O)Cc2ccccc2O)C1. The molecule has 1 aliphatic heterocycles. The molecule has 1 N–H and O–H groups in total. The third kappa shape index (κ3) is 2.82. The van der Waals surface area contributed by atoms with Gasteiger partial charge >= 0.3 is 0 Å². The van der Waals surface area contributed by atoms with E-state index < -0.39 is 0 Å². The van der Waals surface area contributed by atoms with Crippen LogP contribution in [0.1, 0.15) is 12.0 Å². The van der Waals surface area contributed by atoms with Crippen molar-refractivity contribution in [3.8, 4) is 5.75 Å². The molecule has 0 aliphatic carbocycles. The Bertz CT molecular complexity index is 432. The third-order valence-corrected chi connectivity index (χ3v) is 3.58. The zero-order valence-electron chi connectivity index (χ0n) is 11.0.